The smallest absolute Gasteiger partial charge is 0.324 e. The number of sulfonamides is 1. The number of hydrogen-bond acceptors (Lipinski definition) is 7. The average molecular weight is 462 g/mol. The Labute approximate surface area is 184 Å². The van der Waals surface area contributed by atoms with E-state index in [1.807, 2.05) is 6.92 Å². The zero-order valence-corrected chi connectivity index (χ0v) is 18.3. The molecule has 10 heteroatoms. The summed E-state index contributed by atoms with van der Waals surface area (Å²) >= 11 is 5.87. The lowest BCUT2D eigenvalue weighted by Gasteiger charge is -2.22. The van der Waals surface area contributed by atoms with Gasteiger partial charge in [-0.2, -0.15) is 9.29 Å². The lowest BCUT2D eigenvalue weighted by Crippen LogP contribution is -2.41. The fourth-order valence-corrected chi connectivity index (χ4v) is 5.14. The van der Waals surface area contributed by atoms with Gasteiger partial charge in [-0.25, -0.2) is 8.42 Å². The van der Waals surface area contributed by atoms with Crippen LogP contribution in [0.4, 0.5) is 0 Å². The third kappa shape index (κ3) is 4.63. The molecule has 1 unspecified atom stereocenters. The SMILES string of the molecule is Cc1ccc(S(=O)(=O)N2CCCC2C(=O)OCc2nc(-c3ccc(Cl)cc3)no2)cc1. The van der Waals surface area contributed by atoms with Crippen LogP contribution in [0.5, 0.6) is 0 Å². The maximum absolute atomic E-state index is 13.0. The number of hydrogen-bond donors (Lipinski definition) is 0. The zero-order valence-electron chi connectivity index (χ0n) is 16.7. The number of carbonyl (C=O) groups excluding carboxylic acids is 1. The number of carbonyl (C=O) groups is 1. The van der Waals surface area contributed by atoms with E-state index < -0.39 is 22.0 Å². The molecule has 3 aromatic rings. The average Bonchev–Trinajstić information content (AvgIpc) is 3.43. The summed E-state index contributed by atoms with van der Waals surface area (Å²) in [5, 5.41) is 4.45. The molecule has 1 aromatic heterocycles. The first-order valence-electron chi connectivity index (χ1n) is 9.68. The molecule has 162 valence electrons. The van der Waals surface area contributed by atoms with Crippen molar-refractivity contribution in [1.29, 1.82) is 0 Å². The monoisotopic (exact) mass is 461 g/mol. The molecule has 2 aromatic carbocycles. The van der Waals surface area contributed by atoms with Crippen molar-refractivity contribution in [1.82, 2.24) is 14.4 Å². The molecule has 0 saturated carbocycles. The molecular weight excluding hydrogens is 442 g/mol. The van der Waals surface area contributed by atoms with E-state index in [0.29, 0.717) is 29.3 Å². The Morgan fingerprint density at radius 2 is 1.90 bits per heavy atom. The third-order valence-corrected chi connectivity index (χ3v) is 7.19. The highest BCUT2D eigenvalue weighted by molar-refractivity contribution is 7.89. The van der Waals surface area contributed by atoms with Crippen LogP contribution in [-0.2, 0) is 26.2 Å². The van der Waals surface area contributed by atoms with E-state index in [-0.39, 0.29) is 23.9 Å². The second-order valence-electron chi connectivity index (χ2n) is 7.21. The molecule has 2 heterocycles. The summed E-state index contributed by atoms with van der Waals surface area (Å²) in [5.41, 5.74) is 1.66. The largest absolute Gasteiger partial charge is 0.454 e. The summed E-state index contributed by atoms with van der Waals surface area (Å²) in [6.45, 7) is 1.90. The molecule has 0 spiro atoms. The van der Waals surface area contributed by atoms with Gasteiger partial charge in [0.15, 0.2) is 6.61 Å². The van der Waals surface area contributed by atoms with Crippen LogP contribution in [0.3, 0.4) is 0 Å². The first-order valence-corrected chi connectivity index (χ1v) is 11.5. The van der Waals surface area contributed by atoms with Crippen molar-refractivity contribution in [3.8, 4) is 11.4 Å². The second kappa shape index (κ2) is 8.78. The molecule has 1 aliphatic rings. The van der Waals surface area contributed by atoms with Crippen molar-refractivity contribution in [2.24, 2.45) is 0 Å². The van der Waals surface area contributed by atoms with Gasteiger partial charge in [-0.15, -0.1) is 0 Å². The molecule has 1 atom stereocenters. The Morgan fingerprint density at radius 1 is 1.19 bits per heavy atom. The van der Waals surface area contributed by atoms with Crippen molar-refractivity contribution >= 4 is 27.6 Å². The topological polar surface area (TPSA) is 103 Å². The minimum atomic E-state index is -3.80. The van der Waals surface area contributed by atoms with Gasteiger partial charge in [-0.05, 0) is 56.2 Å². The number of rotatable bonds is 6. The maximum Gasteiger partial charge on any atom is 0.324 e. The molecule has 8 nitrogen and oxygen atoms in total. The fraction of sp³-hybridized carbons (Fsp3) is 0.286. The quantitative estimate of drug-likeness (QED) is 0.516. The molecule has 0 N–H and O–H groups in total. The lowest BCUT2D eigenvalue weighted by atomic mass is 10.2. The van der Waals surface area contributed by atoms with Gasteiger partial charge in [0.25, 0.3) is 5.89 Å². The maximum atomic E-state index is 13.0. The minimum Gasteiger partial charge on any atom is -0.454 e. The van der Waals surface area contributed by atoms with E-state index in [1.54, 1.807) is 48.5 Å². The summed E-state index contributed by atoms with van der Waals surface area (Å²) < 4.78 is 37.6. The Morgan fingerprint density at radius 3 is 2.61 bits per heavy atom. The number of nitrogens with zero attached hydrogens (tertiary/aromatic N) is 3. The summed E-state index contributed by atoms with van der Waals surface area (Å²) in [6.07, 6.45) is 0.968. The highest BCUT2D eigenvalue weighted by atomic mass is 35.5. The number of benzene rings is 2. The van der Waals surface area contributed by atoms with Crippen LogP contribution in [0, 0.1) is 6.92 Å². The zero-order chi connectivity index (χ0) is 22.0. The van der Waals surface area contributed by atoms with Crippen LogP contribution in [-0.4, -0.2) is 41.4 Å². The number of esters is 1. The van der Waals surface area contributed by atoms with Gasteiger partial charge < -0.3 is 9.26 Å². The van der Waals surface area contributed by atoms with E-state index in [0.717, 1.165) is 5.56 Å². The third-order valence-electron chi connectivity index (χ3n) is 5.01. The first kappa shape index (κ1) is 21.5. The summed E-state index contributed by atoms with van der Waals surface area (Å²) in [6, 6.07) is 12.6. The summed E-state index contributed by atoms with van der Waals surface area (Å²) in [4.78, 5) is 17.0. The van der Waals surface area contributed by atoms with Crippen molar-refractivity contribution in [3.05, 3.63) is 65.0 Å². The fourth-order valence-electron chi connectivity index (χ4n) is 3.37. The van der Waals surface area contributed by atoms with Crippen LogP contribution in [0.2, 0.25) is 5.02 Å². The highest BCUT2D eigenvalue weighted by Crippen LogP contribution is 2.27. The molecule has 0 radical (unpaired) electrons. The van der Waals surface area contributed by atoms with Gasteiger partial charge in [0, 0.05) is 17.1 Å². The van der Waals surface area contributed by atoms with Crippen molar-refractivity contribution < 1.29 is 22.5 Å². The van der Waals surface area contributed by atoms with E-state index in [4.69, 9.17) is 20.9 Å². The Balaban J connectivity index is 1.42. The second-order valence-corrected chi connectivity index (χ2v) is 9.54. The van der Waals surface area contributed by atoms with Gasteiger partial charge in [0.1, 0.15) is 6.04 Å². The summed E-state index contributed by atoms with van der Waals surface area (Å²) in [5.74, 6) is -0.184. The van der Waals surface area contributed by atoms with E-state index >= 15 is 0 Å². The molecule has 1 aliphatic heterocycles. The first-order chi connectivity index (χ1) is 14.8. The van der Waals surface area contributed by atoms with E-state index in [1.165, 1.54) is 4.31 Å². The van der Waals surface area contributed by atoms with Crippen LogP contribution in [0.1, 0.15) is 24.3 Å². The van der Waals surface area contributed by atoms with E-state index in [2.05, 4.69) is 10.1 Å². The molecule has 0 bridgehead atoms. The number of aryl methyl sites for hydroxylation is 1. The molecule has 4 rings (SSSR count). The molecular formula is C21H20ClN3O5S. The predicted octanol–water partition coefficient (Wildman–Crippen LogP) is 3.59. The van der Waals surface area contributed by atoms with Crippen molar-refractivity contribution in [2.45, 2.75) is 37.3 Å². The molecule has 31 heavy (non-hydrogen) atoms. The van der Waals surface area contributed by atoms with Gasteiger partial charge in [0.2, 0.25) is 15.8 Å². The van der Waals surface area contributed by atoms with Crippen LogP contribution in [0.15, 0.2) is 57.9 Å². The summed E-state index contributed by atoms with van der Waals surface area (Å²) in [7, 11) is -3.80. The Bertz CT molecular complexity index is 1180. The lowest BCUT2D eigenvalue weighted by molar-refractivity contribution is -0.149. The standard InChI is InChI=1S/C21H20ClN3O5S/c1-14-4-10-17(11-5-14)31(27,28)25-12-2-3-18(25)21(26)29-13-19-23-20(24-30-19)15-6-8-16(22)9-7-15/h4-11,18H,2-3,12-13H2,1H3. The molecule has 1 fully saturated rings. The molecule has 1 saturated heterocycles. The van der Waals surface area contributed by atoms with Crippen LogP contribution >= 0.6 is 11.6 Å². The highest BCUT2D eigenvalue weighted by Gasteiger charge is 2.40. The number of halogens is 1. The number of aromatic nitrogens is 2. The Hall–Kier alpha value is -2.75. The minimum absolute atomic E-state index is 0.115. The van der Waals surface area contributed by atoms with Crippen molar-refractivity contribution in [2.75, 3.05) is 6.54 Å². The van der Waals surface area contributed by atoms with Gasteiger partial charge >= 0.3 is 5.97 Å². The van der Waals surface area contributed by atoms with Gasteiger partial charge in [-0.3, -0.25) is 4.79 Å². The van der Waals surface area contributed by atoms with Crippen LogP contribution < -0.4 is 0 Å². The van der Waals surface area contributed by atoms with Gasteiger partial charge in [-0.1, -0.05) is 34.5 Å². The normalized spacial score (nSPS) is 17.0. The van der Waals surface area contributed by atoms with Crippen molar-refractivity contribution in [3.63, 3.8) is 0 Å². The van der Waals surface area contributed by atoms with E-state index in [9.17, 15) is 13.2 Å². The van der Waals surface area contributed by atoms with Gasteiger partial charge in [0.05, 0.1) is 4.90 Å². The molecule has 0 amide bonds. The Kier molecular flexibility index (Phi) is 6.08. The molecule has 0 aliphatic carbocycles. The van der Waals surface area contributed by atoms with Crippen LogP contribution in [0.25, 0.3) is 11.4 Å². The number of ether oxygens (including phenoxy) is 1. The predicted molar refractivity (Wildman–Crippen MR) is 113 cm³/mol.